The van der Waals surface area contributed by atoms with Gasteiger partial charge in [0.2, 0.25) is 5.91 Å². The lowest BCUT2D eigenvalue weighted by Gasteiger charge is -2.30. The predicted molar refractivity (Wildman–Crippen MR) is 71.6 cm³/mol. The summed E-state index contributed by atoms with van der Waals surface area (Å²) in [5, 5.41) is 11.4. The monoisotopic (exact) mass is 303 g/mol. The molecule has 1 atom stereocenters. The van der Waals surface area contributed by atoms with Gasteiger partial charge in [0.1, 0.15) is 0 Å². The molecule has 0 aromatic carbocycles. The topological polar surface area (TPSA) is 66.8 Å². The highest BCUT2D eigenvalue weighted by Crippen LogP contribution is 2.20. The Bertz CT molecular complexity index is 476. The van der Waals surface area contributed by atoms with Gasteiger partial charge in [0.25, 0.3) is 0 Å². The molecule has 0 aliphatic carbocycles. The molecule has 1 N–H and O–H groups in total. The van der Waals surface area contributed by atoms with Crippen LogP contribution in [0.4, 0.5) is 0 Å². The molecule has 1 aliphatic heterocycles. The highest BCUT2D eigenvalue weighted by molar-refractivity contribution is 7.10. The first-order valence-corrected chi connectivity index (χ1v) is 7.17. The molecule has 1 fully saturated rings. The summed E-state index contributed by atoms with van der Waals surface area (Å²) in [5.74, 6) is -1.07. The zero-order chi connectivity index (χ0) is 13.8. The van der Waals surface area contributed by atoms with Gasteiger partial charge in [-0.1, -0.05) is 11.6 Å². The molecule has 1 aromatic rings. The number of thiophene rings is 1. The van der Waals surface area contributed by atoms with Crippen molar-refractivity contribution in [2.45, 2.75) is 18.9 Å². The van der Waals surface area contributed by atoms with Gasteiger partial charge in [-0.25, -0.2) is 4.79 Å². The smallest absolute Gasteiger partial charge is 0.334 e. The number of carboxylic acids is 1. The fourth-order valence-electron chi connectivity index (χ4n) is 1.90. The van der Waals surface area contributed by atoms with E-state index in [-0.39, 0.29) is 19.1 Å². The van der Waals surface area contributed by atoms with E-state index in [0.717, 1.165) is 4.88 Å². The lowest BCUT2D eigenvalue weighted by molar-refractivity contribution is -0.159. The molecule has 1 aliphatic rings. The van der Waals surface area contributed by atoms with Gasteiger partial charge in [0, 0.05) is 23.2 Å². The van der Waals surface area contributed by atoms with E-state index >= 15 is 0 Å². The van der Waals surface area contributed by atoms with E-state index in [2.05, 4.69) is 0 Å². The number of rotatable bonds is 4. The minimum atomic E-state index is -1.03. The van der Waals surface area contributed by atoms with Crippen LogP contribution in [0.3, 0.4) is 0 Å². The van der Waals surface area contributed by atoms with Crippen LogP contribution >= 0.6 is 22.9 Å². The molecule has 2 rings (SSSR count). The third-order valence-corrected chi connectivity index (χ3v) is 4.25. The first kappa shape index (κ1) is 14.3. The zero-order valence-electron chi connectivity index (χ0n) is 10.2. The van der Waals surface area contributed by atoms with Crippen LogP contribution in [0.15, 0.2) is 11.4 Å². The fraction of sp³-hybridized carbons (Fsp3) is 0.500. The first-order valence-electron chi connectivity index (χ1n) is 5.91. The molecule has 0 spiro atoms. The lowest BCUT2D eigenvalue weighted by Crippen LogP contribution is -2.48. The first-order chi connectivity index (χ1) is 9.06. The third-order valence-electron chi connectivity index (χ3n) is 2.90. The molecule has 2 heterocycles. The summed E-state index contributed by atoms with van der Waals surface area (Å²) in [5.41, 5.74) is 0. The van der Waals surface area contributed by atoms with Crippen molar-refractivity contribution in [3.63, 3.8) is 0 Å². The van der Waals surface area contributed by atoms with E-state index in [0.29, 0.717) is 24.4 Å². The van der Waals surface area contributed by atoms with E-state index in [1.54, 1.807) is 4.90 Å². The highest BCUT2D eigenvalue weighted by atomic mass is 35.5. The van der Waals surface area contributed by atoms with Gasteiger partial charge in [0.15, 0.2) is 6.10 Å². The molecule has 1 saturated heterocycles. The maximum Gasteiger partial charge on any atom is 0.334 e. The molecule has 7 heteroatoms. The molecule has 1 amide bonds. The molecule has 0 saturated carbocycles. The van der Waals surface area contributed by atoms with Crippen LogP contribution in [0.1, 0.15) is 11.3 Å². The maximum absolute atomic E-state index is 12.0. The minimum absolute atomic E-state index is 0.0425. The van der Waals surface area contributed by atoms with Crippen LogP contribution in [-0.4, -0.2) is 47.7 Å². The summed E-state index contributed by atoms with van der Waals surface area (Å²) < 4.78 is 5.08. The van der Waals surface area contributed by atoms with Gasteiger partial charge in [-0.3, -0.25) is 4.79 Å². The summed E-state index contributed by atoms with van der Waals surface area (Å²) in [7, 11) is 0. The average molecular weight is 304 g/mol. The summed E-state index contributed by atoms with van der Waals surface area (Å²) in [6, 6.07) is 1.85. The maximum atomic E-state index is 12.0. The molecular weight excluding hydrogens is 290 g/mol. The number of hydrogen-bond donors (Lipinski definition) is 1. The van der Waals surface area contributed by atoms with E-state index in [4.69, 9.17) is 21.4 Å². The molecule has 5 nitrogen and oxygen atoms in total. The van der Waals surface area contributed by atoms with Crippen molar-refractivity contribution in [3.05, 3.63) is 21.3 Å². The van der Waals surface area contributed by atoms with Crippen LogP contribution in [0.2, 0.25) is 5.02 Å². The SMILES string of the molecule is O=C(O)[C@H]1CN(C(=O)CCc2cc(Cl)cs2)CCO1. The number of carboxylic acid groups (broad SMARTS) is 1. The fourth-order valence-corrected chi connectivity index (χ4v) is 2.98. The van der Waals surface area contributed by atoms with Crippen molar-refractivity contribution >= 4 is 34.8 Å². The van der Waals surface area contributed by atoms with E-state index in [1.165, 1.54) is 11.3 Å². The Morgan fingerprint density at radius 1 is 1.58 bits per heavy atom. The summed E-state index contributed by atoms with van der Waals surface area (Å²) >= 11 is 7.33. The average Bonchev–Trinajstić information content (AvgIpc) is 2.82. The van der Waals surface area contributed by atoms with Crippen LogP contribution in [0.25, 0.3) is 0 Å². The predicted octanol–water partition coefficient (Wildman–Crippen LogP) is 1.65. The second-order valence-corrected chi connectivity index (χ2v) is 5.70. The van der Waals surface area contributed by atoms with Crippen LogP contribution in [0.5, 0.6) is 0 Å². The molecule has 104 valence electrons. The Hall–Kier alpha value is -1.11. The lowest BCUT2D eigenvalue weighted by atomic mass is 10.2. The largest absolute Gasteiger partial charge is 0.479 e. The molecule has 0 radical (unpaired) electrons. The summed E-state index contributed by atoms with van der Waals surface area (Å²) in [6.45, 7) is 0.848. The second-order valence-electron chi connectivity index (χ2n) is 4.27. The van der Waals surface area contributed by atoms with Gasteiger partial charge in [0.05, 0.1) is 18.2 Å². The number of morpholine rings is 1. The van der Waals surface area contributed by atoms with E-state index in [9.17, 15) is 9.59 Å². The number of carbonyl (C=O) groups excluding carboxylic acids is 1. The number of hydrogen-bond acceptors (Lipinski definition) is 4. The van der Waals surface area contributed by atoms with Crippen molar-refractivity contribution in [3.8, 4) is 0 Å². The number of ether oxygens (including phenoxy) is 1. The Morgan fingerprint density at radius 3 is 3.00 bits per heavy atom. The Morgan fingerprint density at radius 2 is 2.37 bits per heavy atom. The van der Waals surface area contributed by atoms with Crippen molar-refractivity contribution in [1.82, 2.24) is 4.90 Å². The Balaban J connectivity index is 1.84. The van der Waals surface area contributed by atoms with Crippen molar-refractivity contribution in [2.75, 3.05) is 19.7 Å². The second kappa shape index (κ2) is 6.36. The van der Waals surface area contributed by atoms with Crippen molar-refractivity contribution in [1.29, 1.82) is 0 Å². The third kappa shape index (κ3) is 3.92. The number of halogens is 1. The zero-order valence-corrected chi connectivity index (χ0v) is 11.7. The van der Waals surface area contributed by atoms with Crippen molar-refractivity contribution in [2.24, 2.45) is 0 Å². The highest BCUT2D eigenvalue weighted by Gasteiger charge is 2.28. The van der Waals surface area contributed by atoms with E-state index < -0.39 is 12.1 Å². The summed E-state index contributed by atoms with van der Waals surface area (Å²) in [4.78, 5) is 25.4. The van der Waals surface area contributed by atoms with Gasteiger partial charge in [-0.05, 0) is 12.5 Å². The number of aryl methyl sites for hydroxylation is 1. The van der Waals surface area contributed by atoms with Crippen LogP contribution in [-0.2, 0) is 20.7 Å². The minimum Gasteiger partial charge on any atom is -0.479 e. The molecule has 1 aromatic heterocycles. The Kier molecular flexibility index (Phi) is 4.79. The van der Waals surface area contributed by atoms with Crippen LogP contribution in [0, 0.1) is 0 Å². The summed E-state index contributed by atoms with van der Waals surface area (Å²) in [6.07, 6.45) is 0.0861. The number of aliphatic carboxylic acids is 1. The van der Waals surface area contributed by atoms with Crippen molar-refractivity contribution < 1.29 is 19.4 Å². The van der Waals surface area contributed by atoms with Gasteiger partial charge in [-0.15, -0.1) is 11.3 Å². The van der Waals surface area contributed by atoms with Gasteiger partial charge in [-0.2, -0.15) is 0 Å². The van der Waals surface area contributed by atoms with Gasteiger partial charge >= 0.3 is 5.97 Å². The molecular formula is C12H14ClNO4S. The molecule has 0 unspecified atom stereocenters. The quantitative estimate of drug-likeness (QED) is 0.918. The standard InChI is InChI=1S/C12H14ClNO4S/c13-8-5-9(19-7-8)1-2-11(15)14-3-4-18-10(6-14)12(16)17/h5,7,10H,1-4,6H2,(H,16,17)/t10-/m1/s1. The molecule has 19 heavy (non-hydrogen) atoms. The normalized spacial score (nSPS) is 19.4. The van der Waals surface area contributed by atoms with Gasteiger partial charge < -0.3 is 14.7 Å². The Labute approximate surface area is 119 Å². The van der Waals surface area contributed by atoms with Crippen LogP contribution < -0.4 is 0 Å². The molecule has 0 bridgehead atoms. The van der Waals surface area contributed by atoms with E-state index in [1.807, 2.05) is 11.4 Å². The number of amides is 1. The number of nitrogens with zero attached hydrogens (tertiary/aromatic N) is 1. The number of carbonyl (C=O) groups is 2.